The van der Waals surface area contributed by atoms with Gasteiger partial charge < -0.3 is 73.6 Å². The largest absolute Gasteiger partial charge is 0.467 e. The number of methoxy groups -OCH3 is 2. The van der Waals surface area contributed by atoms with Crippen LogP contribution in [0, 0.1) is 71.0 Å². The SMILES string of the molecule is CC(C)CC[C@@H](COC[C@H](NC(=O)OCc1ccccc1)C(=O)OC(C)C)[C@@H](CCC(C)C)[C@H](C)O.COC(=O)[C@H](COC[C@H](CCC(C)C)[C@@H](CCC(C)C)[C@H](C)O)NC(=O)OCc1ccccc1.COC(=O)[C@H](COC[C@H](CCC(C)C)[C@H](C=O)CCC(C)C)NC(=O)OCc1ccccc1. The smallest absolute Gasteiger partial charge is 0.408 e. The Hall–Kier alpha value is -6.65. The predicted octanol–water partition coefficient (Wildman–Crippen LogP) is 15.5. The number of alkyl carbamates (subject to hydrolysis) is 3. The highest BCUT2D eigenvalue weighted by Gasteiger charge is 2.32. The number of hydrogen-bond acceptors (Lipinski definition) is 18. The fourth-order valence-electron chi connectivity index (χ4n) is 11.5. The molecule has 103 heavy (non-hydrogen) atoms. The molecule has 3 aromatic carbocycles. The van der Waals surface area contributed by atoms with E-state index >= 15 is 0 Å². The summed E-state index contributed by atoms with van der Waals surface area (Å²) in [6, 6.07) is 25.0. The highest BCUT2D eigenvalue weighted by atomic mass is 16.6. The summed E-state index contributed by atoms with van der Waals surface area (Å²) in [5, 5.41) is 28.6. The van der Waals surface area contributed by atoms with Crippen molar-refractivity contribution in [2.75, 3.05) is 53.9 Å². The number of nitrogens with one attached hydrogen (secondary N) is 3. The minimum Gasteiger partial charge on any atom is -0.467 e. The predicted molar refractivity (Wildman–Crippen MR) is 403 cm³/mol. The van der Waals surface area contributed by atoms with Gasteiger partial charge in [-0.05, 0) is 148 Å². The maximum absolute atomic E-state index is 12.7. The number of amides is 3. The molecule has 5 N–H and O–H groups in total. The first kappa shape index (κ1) is 94.4. The van der Waals surface area contributed by atoms with Gasteiger partial charge in [-0.1, -0.05) is 213 Å². The Bertz CT molecular complexity index is 2700. The maximum atomic E-state index is 12.7. The molecule has 11 atom stereocenters. The van der Waals surface area contributed by atoms with Gasteiger partial charge >= 0.3 is 36.2 Å². The third kappa shape index (κ3) is 46.0. The second kappa shape index (κ2) is 55.8. The molecule has 21 heteroatoms. The third-order valence-corrected chi connectivity index (χ3v) is 17.8. The fourth-order valence-corrected chi connectivity index (χ4v) is 11.5. The van der Waals surface area contributed by atoms with Gasteiger partial charge in [0.15, 0.2) is 18.1 Å². The lowest BCUT2D eigenvalue weighted by molar-refractivity contribution is -0.152. The molecule has 21 nitrogen and oxygen atoms in total. The van der Waals surface area contributed by atoms with E-state index in [9.17, 15) is 43.8 Å². The summed E-state index contributed by atoms with van der Waals surface area (Å²) in [7, 11) is 2.53. The molecule has 0 saturated heterocycles. The average molecular weight is 1450 g/mol. The Morgan fingerprint density at radius 2 is 0.631 bits per heavy atom. The number of rotatable bonds is 49. The van der Waals surface area contributed by atoms with Gasteiger partial charge in [0.05, 0.1) is 59.0 Å². The first-order valence-electron chi connectivity index (χ1n) is 37.7. The van der Waals surface area contributed by atoms with Crippen molar-refractivity contribution in [3.63, 3.8) is 0 Å². The summed E-state index contributed by atoms with van der Waals surface area (Å²) in [6.45, 7) is 34.6. The topological polar surface area (TPSA) is 279 Å². The number of aldehydes is 1. The first-order chi connectivity index (χ1) is 48.9. The lowest BCUT2D eigenvalue weighted by Gasteiger charge is -2.31. The molecule has 3 amide bonds. The molecule has 3 aromatic rings. The Balaban J connectivity index is 0.000000773. The minimum atomic E-state index is -0.991. The lowest BCUT2D eigenvalue weighted by Crippen LogP contribution is -2.46. The van der Waals surface area contributed by atoms with Gasteiger partial charge in [-0.25, -0.2) is 28.8 Å². The van der Waals surface area contributed by atoms with Crippen molar-refractivity contribution in [2.45, 2.75) is 244 Å². The number of esters is 3. The average Bonchev–Trinajstić information content (AvgIpc) is 0.916. The van der Waals surface area contributed by atoms with Gasteiger partial charge in [-0.3, -0.25) is 0 Å². The molecular weight excluding hydrogens is 1310 g/mol. The summed E-state index contributed by atoms with van der Waals surface area (Å²) in [6.07, 6.45) is 9.17. The summed E-state index contributed by atoms with van der Waals surface area (Å²) < 4.78 is 48.5. The molecule has 0 saturated carbocycles. The normalized spacial score (nSPS) is 14.6. The Kier molecular flexibility index (Phi) is 51.1. The Labute approximate surface area is 618 Å². The number of carbonyl (C=O) groups is 7. The van der Waals surface area contributed by atoms with Crippen LogP contribution in [0.25, 0.3) is 0 Å². The summed E-state index contributed by atoms with van der Waals surface area (Å²) in [5.74, 6) is 1.97. The number of aliphatic hydroxyl groups excluding tert-OH is 2. The zero-order valence-corrected chi connectivity index (χ0v) is 65.9. The highest BCUT2D eigenvalue weighted by Crippen LogP contribution is 2.32. The molecule has 0 aliphatic rings. The molecule has 0 bridgehead atoms. The molecule has 0 aliphatic heterocycles. The molecule has 586 valence electrons. The Morgan fingerprint density at radius 1 is 0.359 bits per heavy atom. The van der Waals surface area contributed by atoms with Gasteiger partial charge in [0.25, 0.3) is 0 Å². The van der Waals surface area contributed by atoms with Crippen molar-refractivity contribution in [1.82, 2.24) is 16.0 Å². The van der Waals surface area contributed by atoms with Crippen molar-refractivity contribution < 1.29 is 86.4 Å². The van der Waals surface area contributed by atoms with Crippen molar-refractivity contribution in [2.24, 2.45) is 71.0 Å². The quantitative estimate of drug-likeness (QED) is 0.0199. The van der Waals surface area contributed by atoms with Crippen molar-refractivity contribution >= 4 is 42.5 Å². The van der Waals surface area contributed by atoms with Crippen molar-refractivity contribution in [3.05, 3.63) is 108 Å². The second-order valence-electron chi connectivity index (χ2n) is 30.1. The van der Waals surface area contributed by atoms with Crippen LogP contribution >= 0.6 is 0 Å². The van der Waals surface area contributed by atoms with Crippen LogP contribution in [0.3, 0.4) is 0 Å². The standard InChI is InChI=1S/C29H49NO6.C27H45NO6.C26H41NO6/c1-20(2)13-15-25(26(23(7)31)16-14-21(3)4)18-34-19-27(28(32)36-22(5)6)30-29(33)35-17-24-11-9-8-10-12-24;1-19(2)12-14-23(24(21(5)29)15-13-20(3)4)17-33-18-25(26(30)32-6)28-27(31)34-16-22-10-8-7-9-11-22;1-19(2)11-13-22(15-28)23(14-12-20(3)4)17-32-18-24(25(29)31-5)27-26(30)33-16-21-9-7-6-8-10-21/h8-12,20-23,25-27,31H,13-19H2,1-7H3,(H,30,33);7-11,19-21,23-25,29H,12-18H2,1-6H3,(H,28,31);6-10,15,19-20,22-24H,11-14,16-18H2,1-5H3,(H,27,30)/t23-,25-,26-,27-;21-,23-,24-,25-;22-,23-,24-/m000/s1. The minimum absolute atomic E-state index is 0.0258. The lowest BCUT2D eigenvalue weighted by atomic mass is 9.80. The molecule has 0 fully saturated rings. The van der Waals surface area contributed by atoms with Gasteiger partial charge in [0, 0.05) is 19.1 Å². The zero-order valence-electron chi connectivity index (χ0n) is 65.9. The van der Waals surface area contributed by atoms with Gasteiger partial charge in [-0.2, -0.15) is 0 Å². The van der Waals surface area contributed by atoms with Crippen LogP contribution < -0.4 is 16.0 Å². The van der Waals surface area contributed by atoms with Crippen LogP contribution in [0.15, 0.2) is 91.0 Å². The molecule has 0 unspecified atom stereocenters. The van der Waals surface area contributed by atoms with Crippen molar-refractivity contribution in [1.29, 1.82) is 0 Å². The van der Waals surface area contributed by atoms with Crippen LogP contribution in [0.2, 0.25) is 0 Å². The monoisotopic (exact) mass is 1450 g/mol. The zero-order chi connectivity index (χ0) is 77.2. The van der Waals surface area contributed by atoms with Gasteiger partial charge in [0.1, 0.15) is 26.1 Å². The van der Waals surface area contributed by atoms with E-state index in [0.29, 0.717) is 55.3 Å². The van der Waals surface area contributed by atoms with E-state index in [-0.39, 0.29) is 81.3 Å². The van der Waals surface area contributed by atoms with Crippen LogP contribution in [-0.2, 0) is 81.6 Å². The summed E-state index contributed by atoms with van der Waals surface area (Å²) in [5.41, 5.74) is 2.54. The van der Waals surface area contributed by atoms with E-state index < -0.39 is 66.5 Å². The fraction of sp³-hybridized carbons (Fsp3) is 0.695. The highest BCUT2D eigenvalue weighted by molar-refractivity contribution is 5.82. The van der Waals surface area contributed by atoms with E-state index in [0.717, 1.165) is 100 Å². The Morgan fingerprint density at radius 3 is 0.903 bits per heavy atom. The van der Waals surface area contributed by atoms with Gasteiger partial charge in [-0.15, -0.1) is 0 Å². The van der Waals surface area contributed by atoms with Crippen LogP contribution in [-0.4, -0.2) is 143 Å². The van der Waals surface area contributed by atoms with E-state index in [1.807, 2.05) is 105 Å². The van der Waals surface area contributed by atoms with Crippen LogP contribution in [0.5, 0.6) is 0 Å². The van der Waals surface area contributed by atoms with Crippen LogP contribution in [0.1, 0.15) is 205 Å². The van der Waals surface area contributed by atoms with Crippen molar-refractivity contribution in [3.8, 4) is 0 Å². The molecule has 0 heterocycles. The second-order valence-corrected chi connectivity index (χ2v) is 30.1. The summed E-state index contributed by atoms with van der Waals surface area (Å²) >= 11 is 0. The van der Waals surface area contributed by atoms with Crippen LogP contribution in [0.4, 0.5) is 14.4 Å². The maximum Gasteiger partial charge on any atom is 0.408 e. The first-order valence-corrected chi connectivity index (χ1v) is 37.7. The number of carbonyl (C=O) groups excluding carboxylic acids is 7. The molecule has 3 rings (SSSR count). The van der Waals surface area contributed by atoms with E-state index in [2.05, 4.69) is 99.0 Å². The van der Waals surface area contributed by atoms with E-state index in [1.54, 1.807) is 13.8 Å². The number of hydrogen-bond donors (Lipinski definition) is 5. The van der Waals surface area contributed by atoms with Gasteiger partial charge in [0.2, 0.25) is 0 Å². The molecular formula is C82H135N3O18. The number of ether oxygens (including phenoxy) is 9. The summed E-state index contributed by atoms with van der Waals surface area (Å²) in [4.78, 5) is 85.6. The molecule has 0 aromatic heterocycles. The van der Waals surface area contributed by atoms with E-state index in [1.165, 1.54) is 14.2 Å². The van der Waals surface area contributed by atoms with E-state index in [4.69, 9.17) is 42.6 Å². The number of aliphatic hydroxyl groups is 2. The molecule has 0 spiro atoms. The third-order valence-electron chi connectivity index (χ3n) is 17.8. The number of benzene rings is 3. The molecule has 0 aliphatic carbocycles. The molecule has 0 radical (unpaired) electrons.